The van der Waals surface area contributed by atoms with E-state index in [1.54, 1.807) is 0 Å². The summed E-state index contributed by atoms with van der Waals surface area (Å²) in [4.78, 5) is 1.97. The summed E-state index contributed by atoms with van der Waals surface area (Å²) in [6.45, 7) is 2.55. The van der Waals surface area contributed by atoms with Gasteiger partial charge in [0.2, 0.25) is 0 Å². The zero-order valence-electron chi connectivity index (χ0n) is 10.4. The van der Waals surface area contributed by atoms with Crippen molar-refractivity contribution in [1.29, 1.82) is 0 Å². The molecule has 0 N–H and O–H groups in total. The Morgan fingerprint density at radius 3 is 2.72 bits per heavy atom. The van der Waals surface area contributed by atoms with E-state index in [9.17, 15) is 0 Å². The first kappa shape index (κ1) is 18.0. The number of alkyl halides is 1. The van der Waals surface area contributed by atoms with Gasteiger partial charge in [0, 0.05) is 6.07 Å². The average molecular weight is 491 g/mol. The molecule has 0 aliphatic heterocycles. The highest BCUT2D eigenvalue weighted by Gasteiger charge is 2.13. The van der Waals surface area contributed by atoms with Gasteiger partial charge in [0.15, 0.2) is 18.1 Å². The molecule has 0 saturated carbocycles. The molecule has 4 nitrogen and oxygen atoms in total. The summed E-state index contributed by atoms with van der Waals surface area (Å²) >= 11 is 3.32. The molecule has 0 radical (unpaired) electrons. The van der Waals surface area contributed by atoms with E-state index in [-0.39, 0.29) is 24.0 Å². The number of rotatable bonds is 3. The number of aromatic nitrogens is 3. The molecule has 7 heteroatoms. The molecular formula is C11H15I2N3OS. The van der Waals surface area contributed by atoms with Crippen molar-refractivity contribution in [2.75, 3.05) is 11.5 Å². The average Bonchev–Trinajstić information content (AvgIpc) is 2.80. The summed E-state index contributed by atoms with van der Waals surface area (Å²) in [7, 11) is 1.98. The van der Waals surface area contributed by atoms with Gasteiger partial charge in [-0.1, -0.05) is 22.6 Å². The van der Waals surface area contributed by atoms with Gasteiger partial charge < -0.3 is 28.7 Å². The highest BCUT2D eigenvalue weighted by Crippen LogP contribution is 2.26. The largest absolute Gasteiger partial charge is 1.00 e. The molecule has 0 aliphatic carbocycles. The maximum Gasteiger partial charge on any atom is 0.254 e. The predicted octanol–water partition coefficient (Wildman–Crippen LogP) is -0.516. The zero-order chi connectivity index (χ0) is 12.7. The van der Waals surface area contributed by atoms with Crippen molar-refractivity contribution < 1.29 is 33.3 Å². The van der Waals surface area contributed by atoms with E-state index < -0.39 is 0 Å². The molecule has 100 valence electrons. The summed E-state index contributed by atoms with van der Waals surface area (Å²) in [5.74, 6) is 0.619. The lowest BCUT2D eigenvalue weighted by Crippen LogP contribution is -3.00. The van der Waals surface area contributed by atoms with E-state index in [1.807, 2.05) is 48.0 Å². The van der Waals surface area contributed by atoms with E-state index >= 15 is 0 Å². The monoisotopic (exact) mass is 491 g/mol. The lowest BCUT2D eigenvalue weighted by atomic mass is 10.2. The quantitative estimate of drug-likeness (QED) is 0.330. The van der Waals surface area contributed by atoms with Crippen molar-refractivity contribution >= 4 is 34.3 Å². The first-order valence-electron chi connectivity index (χ1n) is 5.10. The molecule has 2 heterocycles. The second kappa shape index (κ2) is 9.84. The number of pyridine rings is 1. The Labute approximate surface area is 142 Å². The normalized spacial score (nSPS) is 8.89. The van der Waals surface area contributed by atoms with Gasteiger partial charge in [-0.05, 0) is 17.9 Å². The topological polar surface area (TPSA) is 38.9 Å². The lowest BCUT2D eigenvalue weighted by molar-refractivity contribution is -0.671. The summed E-state index contributed by atoms with van der Waals surface area (Å²) in [5.41, 5.74) is 1.84. The molecule has 0 fully saturated rings. The van der Waals surface area contributed by atoms with E-state index in [0.717, 1.165) is 11.3 Å². The molecule has 0 aromatic carbocycles. The van der Waals surface area contributed by atoms with Gasteiger partial charge in [-0.3, -0.25) is 0 Å². The minimum absolute atomic E-state index is 0. The minimum atomic E-state index is 0. The van der Waals surface area contributed by atoms with Gasteiger partial charge in [0.1, 0.15) is 7.05 Å². The molecule has 0 amide bonds. The zero-order valence-corrected chi connectivity index (χ0v) is 15.6. The summed E-state index contributed by atoms with van der Waals surface area (Å²) < 4.78 is 15.7. The lowest BCUT2D eigenvalue weighted by Gasteiger charge is -1.99. The molecule has 2 aromatic rings. The van der Waals surface area contributed by atoms with Crippen molar-refractivity contribution in [3.63, 3.8) is 0 Å². The van der Waals surface area contributed by atoms with E-state index in [2.05, 4.69) is 31.3 Å². The summed E-state index contributed by atoms with van der Waals surface area (Å²) in [6.07, 6.45) is 3.98. The molecule has 0 saturated heterocycles. The van der Waals surface area contributed by atoms with Crippen molar-refractivity contribution in [2.45, 2.75) is 6.92 Å². The third-order valence-electron chi connectivity index (χ3n) is 1.95. The highest BCUT2D eigenvalue weighted by molar-refractivity contribution is 14.1. The van der Waals surface area contributed by atoms with Gasteiger partial charge in [-0.2, -0.15) is 4.37 Å². The number of halogens is 2. The first-order chi connectivity index (χ1) is 8.31. The standard InChI is InChI=1S/C10H12N3OS.CH3I.HI/c1-3-14-10-9(11-15-12-10)8-5-4-6-13(2)7-8;1-2;/h4-7H,3H2,1-2H3;1H3;1H/q+1;;/p-1. The summed E-state index contributed by atoms with van der Waals surface area (Å²) in [5, 5.41) is 0. The van der Waals surface area contributed by atoms with Crippen molar-refractivity contribution in [2.24, 2.45) is 7.05 Å². The molecule has 0 bridgehead atoms. The fourth-order valence-electron chi connectivity index (χ4n) is 1.32. The van der Waals surface area contributed by atoms with Crippen LogP contribution in [0.2, 0.25) is 0 Å². The smallest absolute Gasteiger partial charge is 0.254 e. The van der Waals surface area contributed by atoms with Gasteiger partial charge in [0.25, 0.3) is 5.88 Å². The molecule has 0 unspecified atom stereocenters. The molecule has 0 spiro atoms. The molecule has 2 aromatic heterocycles. The van der Waals surface area contributed by atoms with Crippen LogP contribution in [0.15, 0.2) is 24.5 Å². The number of ether oxygens (including phenoxy) is 1. The van der Waals surface area contributed by atoms with Crippen LogP contribution in [-0.4, -0.2) is 20.3 Å². The molecule has 2 rings (SSSR count). The number of aryl methyl sites for hydroxylation is 1. The van der Waals surface area contributed by atoms with Crippen LogP contribution in [0.5, 0.6) is 5.88 Å². The Kier molecular flexibility index (Phi) is 9.83. The van der Waals surface area contributed by atoms with Crippen molar-refractivity contribution in [3.05, 3.63) is 24.5 Å². The van der Waals surface area contributed by atoms with Crippen LogP contribution < -0.4 is 33.3 Å². The second-order valence-electron chi connectivity index (χ2n) is 3.11. The third-order valence-corrected chi connectivity index (χ3v) is 2.46. The first-order valence-corrected chi connectivity index (χ1v) is 7.99. The van der Waals surface area contributed by atoms with Crippen LogP contribution in [0, 0.1) is 0 Å². The van der Waals surface area contributed by atoms with Gasteiger partial charge >= 0.3 is 0 Å². The Hall–Kier alpha value is -0.0300. The number of nitrogens with zero attached hydrogens (tertiary/aromatic N) is 3. The van der Waals surface area contributed by atoms with Crippen molar-refractivity contribution in [3.8, 4) is 17.1 Å². The Morgan fingerprint density at radius 2 is 2.11 bits per heavy atom. The minimum Gasteiger partial charge on any atom is -1.00 e. The van der Waals surface area contributed by atoms with E-state index in [4.69, 9.17) is 4.74 Å². The Morgan fingerprint density at radius 1 is 1.39 bits per heavy atom. The van der Waals surface area contributed by atoms with Gasteiger partial charge in [-0.25, -0.2) is 4.57 Å². The highest BCUT2D eigenvalue weighted by atomic mass is 127. The van der Waals surface area contributed by atoms with E-state index in [1.165, 1.54) is 11.7 Å². The molecule has 0 atom stereocenters. The van der Waals surface area contributed by atoms with Gasteiger partial charge in [-0.15, -0.1) is 4.37 Å². The number of hydrogen-bond acceptors (Lipinski definition) is 4. The van der Waals surface area contributed by atoms with Crippen LogP contribution in [0.25, 0.3) is 11.3 Å². The van der Waals surface area contributed by atoms with Crippen molar-refractivity contribution in [1.82, 2.24) is 8.75 Å². The fraction of sp³-hybridized carbons (Fsp3) is 0.364. The molecular weight excluding hydrogens is 476 g/mol. The fourth-order valence-corrected chi connectivity index (χ4v) is 1.84. The Balaban J connectivity index is 0.000000917. The van der Waals surface area contributed by atoms with Crippen LogP contribution >= 0.6 is 34.3 Å². The van der Waals surface area contributed by atoms with Gasteiger partial charge in [0.05, 0.1) is 23.9 Å². The van der Waals surface area contributed by atoms with Crippen LogP contribution in [-0.2, 0) is 7.05 Å². The maximum absolute atomic E-state index is 5.40. The van der Waals surface area contributed by atoms with Crippen LogP contribution in [0.4, 0.5) is 0 Å². The van der Waals surface area contributed by atoms with Crippen LogP contribution in [0.1, 0.15) is 6.92 Å². The van der Waals surface area contributed by atoms with E-state index in [0.29, 0.717) is 12.5 Å². The number of hydrogen-bond donors (Lipinski definition) is 0. The SMILES string of the molecule is CCOc1nsnc1-c1ccc[n+](C)c1.CI.[I-]. The Bertz CT molecular complexity index is 465. The second-order valence-corrected chi connectivity index (χ2v) is 3.64. The molecule has 18 heavy (non-hydrogen) atoms. The van der Waals surface area contributed by atoms with Crippen LogP contribution in [0.3, 0.4) is 0 Å². The summed E-state index contributed by atoms with van der Waals surface area (Å²) in [6, 6.07) is 3.98. The molecule has 0 aliphatic rings. The third kappa shape index (κ3) is 4.92. The predicted molar refractivity (Wildman–Crippen MR) is 77.6 cm³/mol. The maximum atomic E-state index is 5.40.